The SMILES string of the molecule is O=C(CCSC1=C(SCCC(=O)Oc2ccccc2)SC(C2SC(SCCC(=O)Oc3ccccc3)=C(SCCC(=O)Oc3ccccc3)S2)S1)Oc1ccccc1. The number of ether oxygens (including phenoxy) is 4. The van der Waals surface area contributed by atoms with Crippen LogP contribution in [-0.4, -0.2) is 56.1 Å². The molecule has 58 heavy (non-hydrogen) atoms. The largest absolute Gasteiger partial charge is 0.427 e. The van der Waals surface area contributed by atoms with Gasteiger partial charge in [-0.3, -0.25) is 19.2 Å². The highest BCUT2D eigenvalue weighted by atomic mass is 32.3. The summed E-state index contributed by atoms with van der Waals surface area (Å²) in [6.07, 6.45) is 0.983. The van der Waals surface area contributed by atoms with Crippen molar-refractivity contribution in [3.63, 3.8) is 0 Å². The van der Waals surface area contributed by atoms with Crippen molar-refractivity contribution in [3.8, 4) is 23.0 Å². The van der Waals surface area contributed by atoms with Crippen LogP contribution >= 0.6 is 94.1 Å². The van der Waals surface area contributed by atoms with Gasteiger partial charge in [-0.25, -0.2) is 0 Å². The molecular weight excluding hydrogens is 889 g/mol. The molecule has 4 aromatic rings. The van der Waals surface area contributed by atoms with Crippen molar-refractivity contribution >= 4 is 118 Å². The van der Waals surface area contributed by atoms with Crippen LogP contribution in [0.1, 0.15) is 25.7 Å². The van der Waals surface area contributed by atoms with Crippen LogP contribution in [0, 0.1) is 0 Å². The van der Waals surface area contributed by atoms with Crippen LogP contribution in [0.15, 0.2) is 138 Å². The number of carbonyl (C=O) groups excluding carboxylic acids is 4. The smallest absolute Gasteiger partial charge is 0.312 e. The Kier molecular flexibility index (Phi) is 18.7. The molecule has 0 spiro atoms. The molecule has 0 N–H and O–H groups in total. The molecule has 302 valence electrons. The topological polar surface area (TPSA) is 105 Å². The third-order valence-electron chi connectivity index (χ3n) is 7.51. The number of thioether (sulfide) groups is 8. The fourth-order valence-electron chi connectivity index (χ4n) is 4.85. The summed E-state index contributed by atoms with van der Waals surface area (Å²) in [5.41, 5.74) is 0. The minimum absolute atomic E-state index is 0.132. The third kappa shape index (κ3) is 15.3. The number of hydrogen-bond donors (Lipinski definition) is 0. The lowest BCUT2D eigenvalue weighted by atomic mass is 10.3. The van der Waals surface area contributed by atoms with Crippen LogP contribution in [0.3, 0.4) is 0 Å². The Labute approximate surface area is 372 Å². The molecular formula is C42H38O8S8. The van der Waals surface area contributed by atoms with Gasteiger partial charge in [0.05, 0.1) is 51.8 Å². The lowest BCUT2D eigenvalue weighted by Gasteiger charge is -2.16. The lowest BCUT2D eigenvalue weighted by Crippen LogP contribution is -2.09. The molecule has 0 saturated carbocycles. The zero-order valence-electron chi connectivity index (χ0n) is 30.9. The average molecular weight is 927 g/mol. The Morgan fingerprint density at radius 3 is 0.776 bits per heavy atom. The van der Waals surface area contributed by atoms with Gasteiger partial charge in [0, 0.05) is 23.0 Å². The Balaban J connectivity index is 1.06. The van der Waals surface area contributed by atoms with Gasteiger partial charge in [0.2, 0.25) is 0 Å². The summed E-state index contributed by atoms with van der Waals surface area (Å²) in [5, 5.41) is 0. The fourth-order valence-corrected chi connectivity index (χ4v) is 18.3. The van der Waals surface area contributed by atoms with E-state index in [1.165, 1.54) is 0 Å². The molecule has 2 aliphatic heterocycles. The molecule has 0 radical (unpaired) electrons. The van der Waals surface area contributed by atoms with Gasteiger partial charge in [-0.15, -0.1) is 94.1 Å². The average Bonchev–Trinajstić information content (AvgIpc) is 3.83. The third-order valence-corrected chi connectivity index (χ3v) is 20.1. The second-order valence-corrected chi connectivity index (χ2v) is 22.6. The number of carbonyl (C=O) groups is 4. The molecule has 2 aliphatic rings. The van der Waals surface area contributed by atoms with E-state index in [0.717, 1.165) is 16.9 Å². The first-order valence-corrected chi connectivity index (χ1v) is 25.5. The molecule has 0 saturated heterocycles. The zero-order chi connectivity index (χ0) is 40.4. The monoisotopic (exact) mass is 926 g/mol. The van der Waals surface area contributed by atoms with E-state index >= 15 is 0 Å². The molecule has 4 aromatic carbocycles. The highest BCUT2D eigenvalue weighted by Gasteiger charge is 2.39. The molecule has 16 heteroatoms. The van der Waals surface area contributed by atoms with Crippen molar-refractivity contribution in [2.24, 2.45) is 0 Å². The van der Waals surface area contributed by atoms with E-state index in [2.05, 4.69) is 0 Å². The maximum absolute atomic E-state index is 12.7. The van der Waals surface area contributed by atoms with Crippen LogP contribution in [0.4, 0.5) is 0 Å². The second-order valence-electron chi connectivity index (χ2n) is 11.9. The van der Waals surface area contributed by atoms with E-state index in [9.17, 15) is 19.2 Å². The van der Waals surface area contributed by atoms with Gasteiger partial charge in [0.1, 0.15) is 23.0 Å². The summed E-state index contributed by atoms with van der Waals surface area (Å²) in [4.78, 5) is 50.6. The number of hydrogen-bond acceptors (Lipinski definition) is 16. The van der Waals surface area contributed by atoms with Crippen molar-refractivity contribution in [2.45, 2.75) is 34.8 Å². The van der Waals surface area contributed by atoms with E-state index in [0.29, 0.717) is 46.0 Å². The van der Waals surface area contributed by atoms with Gasteiger partial charge in [-0.05, 0) is 48.5 Å². The molecule has 0 amide bonds. The maximum atomic E-state index is 12.7. The van der Waals surface area contributed by atoms with Crippen LogP contribution in [0.5, 0.6) is 23.0 Å². The molecule has 0 aromatic heterocycles. The van der Waals surface area contributed by atoms with E-state index in [1.54, 1.807) is 143 Å². The molecule has 6 rings (SSSR count). The predicted molar refractivity (Wildman–Crippen MR) is 249 cm³/mol. The summed E-state index contributed by atoms with van der Waals surface area (Å²) in [6, 6.07) is 36.2. The first-order valence-electron chi connectivity index (χ1n) is 18.1. The van der Waals surface area contributed by atoms with Crippen molar-refractivity contribution in [1.29, 1.82) is 0 Å². The first kappa shape index (κ1) is 44.6. The second kappa shape index (κ2) is 24.3. The van der Waals surface area contributed by atoms with E-state index in [4.69, 9.17) is 18.9 Å². The number of para-hydroxylation sites is 4. The summed E-state index contributed by atoms with van der Waals surface area (Å²) in [7, 11) is 0. The summed E-state index contributed by atoms with van der Waals surface area (Å²) in [5.74, 6) is 3.10. The zero-order valence-corrected chi connectivity index (χ0v) is 37.4. The lowest BCUT2D eigenvalue weighted by molar-refractivity contribution is -0.134. The molecule has 0 atom stereocenters. The maximum Gasteiger partial charge on any atom is 0.312 e. The van der Waals surface area contributed by atoms with Gasteiger partial charge >= 0.3 is 23.9 Å². The highest BCUT2D eigenvalue weighted by molar-refractivity contribution is 8.42. The fraction of sp³-hybridized carbons (Fsp3) is 0.238. The van der Waals surface area contributed by atoms with Gasteiger partial charge in [-0.2, -0.15) is 0 Å². The Bertz CT molecular complexity index is 1750. The van der Waals surface area contributed by atoms with E-state index in [1.807, 2.05) is 72.8 Å². The van der Waals surface area contributed by atoms with Crippen molar-refractivity contribution in [3.05, 3.63) is 138 Å². The van der Waals surface area contributed by atoms with Gasteiger partial charge in [-0.1, -0.05) is 72.8 Å². The molecule has 8 nitrogen and oxygen atoms in total. The summed E-state index contributed by atoms with van der Waals surface area (Å²) >= 11 is 13.6. The minimum Gasteiger partial charge on any atom is -0.427 e. The molecule has 0 unspecified atom stereocenters. The number of benzene rings is 4. The van der Waals surface area contributed by atoms with Gasteiger partial charge < -0.3 is 18.9 Å². The van der Waals surface area contributed by atoms with Gasteiger partial charge in [0.25, 0.3) is 0 Å². The number of rotatable bonds is 21. The summed E-state index contributed by atoms with van der Waals surface area (Å²) < 4.78 is 26.8. The summed E-state index contributed by atoms with van der Waals surface area (Å²) in [6.45, 7) is 0. The normalized spacial score (nSPS) is 14.4. The molecule has 0 aliphatic carbocycles. The Morgan fingerprint density at radius 1 is 0.362 bits per heavy atom. The van der Waals surface area contributed by atoms with Crippen LogP contribution < -0.4 is 18.9 Å². The van der Waals surface area contributed by atoms with Crippen LogP contribution in [0.2, 0.25) is 0 Å². The molecule has 0 fully saturated rings. The van der Waals surface area contributed by atoms with Crippen molar-refractivity contribution < 1.29 is 38.1 Å². The van der Waals surface area contributed by atoms with Crippen LogP contribution in [0.25, 0.3) is 0 Å². The van der Waals surface area contributed by atoms with Crippen molar-refractivity contribution in [1.82, 2.24) is 0 Å². The molecule has 2 heterocycles. The Morgan fingerprint density at radius 2 is 0.569 bits per heavy atom. The van der Waals surface area contributed by atoms with E-state index in [-0.39, 0.29) is 58.7 Å². The predicted octanol–water partition coefficient (Wildman–Crippen LogP) is 11.8. The standard InChI is InChI=1S/C42H38O8S8/c43-33(47-29-13-5-1-6-14-29)21-25-51-37-38(52-26-22-34(44)48-30-15-7-2-8-16-30)56-41(55-37)42-57-39(53-27-23-35(45)49-31-17-9-3-10-18-31)40(58-42)54-28-24-36(46)50-32-19-11-4-12-20-32/h1-20,41-42H,21-28H2. The Hall–Kier alpha value is -2.96. The quantitative estimate of drug-likeness (QED) is 0.0584. The van der Waals surface area contributed by atoms with Gasteiger partial charge in [0.15, 0.2) is 0 Å². The van der Waals surface area contributed by atoms with Crippen molar-refractivity contribution in [2.75, 3.05) is 23.0 Å². The first-order chi connectivity index (χ1) is 28.4. The van der Waals surface area contributed by atoms with Crippen LogP contribution in [-0.2, 0) is 19.2 Å². The van der Waals surface area contributed by atoms with E-state index < -0.39 is 0 Å². The molecule has 0 bridgehead atoms. The number of esters is 4. The highest BCUT2D eigenvalue weighted by Crippen LogP contribution is 2.64. The minimum atomic E-state index is -0.293.